The third-order valence-electron chi connectivity index (χ3n) is 10.9. The first-order valence-electron chi connectivity index (χ1n) is 16.2. The summed E-state index contributed by atoms with van der Waals surface area (Å²) in [6.07, 6.45) is 43.4. The van der Waals surface area contributed by atoms with Crippen LogP contribution >= 0.6 is 0 Å². The molecule has 0 heterocycles. The largest absolute Gasteiger partial charge is 0.363 e. The number of hydrogen-bond donors (Lipinski definition) is 1. The van der Waals surface area contributed by atoms with Crippen molar-refractivity contribution in [1.82, 2.24) is 5.32 Å². The first kappa shape index (κ1) is 25.5. The molecule has 1 saturated carbocycles. The summed E-state index contributed by atoms with van der Waals surface area (Å²) in [5.74, 6) is 4.15. The lowest BCUT2D eigenvalue weighted by molar-refractivity contribution is 0.260. The van der Waals surface area contributed by atoms with Gasteiger partial charge in [0.25, 0.3) is 0 Å². The van der Waals surface area contributed by atoms with Gasteiger partial charge in [-0.15, -0.1) is 0 Å². The van der Waals surface area contributed by atoms with Gasteiger partial charge in [-0.1, -0.05) is 61.8 Å². The molecule has 6 aliphatic carbocycles. The maximum atomic E-state index is 4.11. The molecule has 0 radical (unpaired) electrons. The number of nitrogens with one attached hydrogen (secondary N) is 1. The summed E-state index contributed by atoms with van der Waals surface area (Å²) in [6.45, 7) is 0. The molecule has 200 valence electrons. The van der Waals surface area contributed by atoms with Gasteiger partial charge in [0.05, 0.1) is 0 Å². The summed E-state index contributed by atoms with van der Waals surface area (Å²) in [5, 5.41) is 4.11. The third kappa shape index (κ3) is 6.29. The summed E-state index contributed by atoms with van der Waals surface area (Å²) in [5.41, 5.74) is 8.33. The molecule has 0 bridgehead atoms. The van der Waals surface area contributed by atoms with Gasteiger partial charge in [0, 0.05) is 17.3 Å². The summed E-state index contributed by atoms with van der Waals surface area (Å²) in [6, 6.07) is 0. The van der Waals surface area contributed by atoms with Gasteiger partial charge in [-0.3, -0.25) is 0 Å². The van der Waals surface area contributed by atoms with Crippen LogP contribution in [0.15, 0.2) is 70.6 Å². The van der Waals surface area contributed by atoms with E-state index in [0.29, 0.717) is 5.92 Å². The number of hydrogen-bond acceptors (Lipinski definition) is 1. The van der Waals surface area contributed by atoms with Gasteiger partial charge in [-0.2, -0.15) is 0 Å². The van der Waals surface area contributed by atoms with E-state index in [0.717, 1.165) is 23.7 Å². The Morgan fingerprint density at radius 2 is 1.54 bits per heavy atom. The molecule has 37 heavy (non-hydrogen) atoms. The minimum atomic E-state index is 0.607. The molecule has 1 fully saturated rings. The molecule has 0 aromatic heterocycles. The van der Waals surface area contributed by atoms with E-state index in [1.165, 1.54) is 122 Å². The molecule has 0 amide bonds. The quantitative estimate of drug-likeness (QED) is 0.385. The number of rotatable bonds is 6. The smallest absolute Gasteiger partial charge is 0.0146 e. The average molecular weight is 498 g/mol. The van der Waals surface area contributed by atoms with Crippen molar-refractivity contribution < 1.29 is 0 Å². The minimum absolute atomic E-state index is 0.607. The fourth-order valence-electron chi connectivity index (χ4n) is 8.65. The van der Waals surface area contributed by atoms with Crippen molar-refractivity contribution in [1.29, 1.82) is 0 Å². The lowest BCUT2D eigenvalue weighted by atomic mass is 9.69. The predicted molar refractivity (Wildman–Crippen MR) is 158 cm³/mol. The molecule has 1 N–H and O–H groups in total. The highest BCUT2D eigenvalue weighted by Crippen LogP contribution is 2.45. The summed E-state index contributed by atoms with van der Waals surface area (Å²) in [7, 11) is 0. The van der Waals surface area contributed by atoms with Crippen molar-refractivity contribution in [3.63, 3.8) is 0 Å². The zero-order valence-electron chi connectivity index (χ0n) is 23.4. The van der Waals surface area contributed by atoms with E-state index in [9.17, 15) is 0 Å². The molecule has 6 rings (SSSR count). The van der Waals surface area contributed by atoms with Crippen molar-refractivity contribution in [3.8, 4) is 0 Å². The Balaban J connectivity index is 1.16. The standard InChI is InChI=1S/C36H51N/c1-4-11-27(12-5-1)29-19-21-30(22-20-29)33-23-24-36(35(26-33)31-15-8-3-9-16-31)37-34-18-10-17-32(25-34)28-13-6-2-7-14-28/h3,8-9,11,15,19,25,28,30-33,37H,1-2,4-7,10,12-14,16-18,20-24,26H2. The molecule has 0 aromatic rings. The highest BCUT2D eigenvalue weighted by atomic mass is 14.9. The van der Waals surface area contributed by atoms with E-state index in [1.807, 2.05) is 0 Å². The monoisotopic (exact) mass is 497 g/mol. The lowest BCUT2D eigenvalue weighted by Gasteiger charge is -2.38. The van der Waals surface area contributed by atoms with Crippen molar-refractivity contribution in [3.05, 3.63) is 70.6 Å². The molecule has 0 aliphatic heterocycles. The predicted octanol–water partition coefficient (Wildman–Crippen LogP) is 10.3. The summed E-state index contributed by atoms with van der Waals surface area (Å²) < 4.78 is 0. The minimum Gasteiger partial charge on any atom is -0.363 e. The SMILES string of the molecule is C1=CCC(C2=C(NC3=CC(C4CCCCC4)CCC3)CCC(C3CC=C(C4=CCCCC4)CC3)C2)C=C1. The maximum absolute atomic E-state index is 4.11. The van der Waals surface area contributed by atoms with Gasteiger partial charge in [0.1, 0.15) is 0 Å². The third-order valence-corrected chi connectivity index (χ3v) is 10.9. The fourth-order valence-corrected chi connectivity index (χ4v) is 8.65. The van der Waals surface area contributed by atoms with E-state index in [2.05, 4.69) is 47.8 Å². The van der Waals surface area contributed by atoms with Crippen LogP contribution in [0.2, 0.25) is 0 Å². The van der Waals surface area contributed by atoms with E-state index in [-0.39, 0.29) is 0 Å². The van der Waals surface area contributed by atoms with Crippen LogP contribution in [0.5, 0.6) is 0 Å². The van der Waals surface area contributed by atoms with Crippen LogP contribution in [-0.2, 0) is 0 Å². The summed E-state index contributed by atoms with van der Waals surface area (Å²) in [4.78, 5) is 0. The molecular weight excluding hydrogens is 446 g/mol. The van der Waals surface area contributed by atoms with Gasteiger partial charge in [-0.25, -0.2) is 0 Å². The second-order valence-corrected chi connectivity index (χ2v) is 13.2. The van der Waals surface area contributed by atoms with Gasteiger partial charge in [-0.05, 0) is 143 Å². The van der Waals surface area contributed by atoms with Crippen LogP contribution in [0, 0.1) is 29.6 Å². The first-order valence-corrected chi connectivity index (χ1v) is 16.2. The van der Waals surface area contributed by atoms with Crippen LogP contribution in [0.3, 0.4) is 0 Å². The van der Waals surface area contributed by atoms with Crippen molar-refractivity contribution in [2.75, 3.05) is 0 Å². The lowest BCUT2D eigenvalue weighted by Crippen LogP contribution is -2.29. The van der Waals surface area contributed by atoms with Gasteiger partial charge in [0.2, 0.25) is 0 Å². The van der Waals surface area contributed by atoms with E-state index >= 15 is 0 Å². The Hall–Kier alpha value is -1.76. The Bertz CT molecular complexity index is 978. The Kier molecular flexibility index (Phi) is 8.55. The Morgan fingerprint density at radius 1 is 0.649 bits per heavy atom. The van der Waals surface area contributed by atoms with E-state index in [1.54, 1.807) is 28.1 Å². The molecule has 6 aliphatic rings. The summed E-state index contributed by atoms with van der Waals surface area (Å²) >= 11 is 0. The van der Waals surface area contributed by atoms with Crippen LogP contribution < -0.4 is 5.32 Å². The Morgan fingerprint density at radius 3 is 2.32 bits per heavy atom. The van der Waals surface area contributed by atoms with Crippen LogP contribution in [0.4, 0.5) is 0 Å². The molecule has 0 aromatic carbocycles. The topological polar surface area (TPSA) is 12.0 Å². The highest BCUT2D eigenvalue weighted by molar-refractivity contribution is 5.34. The van der Waals surface area contributed by atoms with Crippen molar-refractivity contribution >= 4 is 0 Å². The zero-order chi connectivity index (χ0) is 24.9. The molecular formula is C36H51N. The fraction of sp³-hybridized carbons (Fsp3) is 0.667. The second-order valence-electron chi connectivity index (χ2n) is 13.2. The normalized spacial score (nSPS) is 33.6. The second kappa shape index (κ2) is 12.4. The Labute approximate surface area is 227 Å². The van der Waals surface area contributed by atoms with Gasteiger partial charge in [0.15, 0.2) is 0 Å². The molecule has 0 saturated heterocycles. The zero-order valence-corrected chi connectivity index (χ0v) is 23.4. The molecule has 4 unspecified atom stereocenters. The van der Waals surface area contributed by atoms with Crippen LogP contribution in [0.1, 0.15) is 122 Å². The maximum Gasteiger partial charge on any atom is 0.0146 e. The molecule has 1 nitrogen and oxygen atoms in total. The van der Waals surface area contributed by atoms with Crippen LogP contribution in [0.25, 0.3) is 0 Å². The number of allylic oxidation sites excluding steroid dienone is 12. The van der Waals surface area contributed by atoms with Crippen LogP contribution in [-0.4, -0.2) is 0 Å². The molecule has 4 atom stereocenters. The van der Waals surface area contributed by atoms with Crippen molar-refractivity contribution in [2.45, 2.75) is 122 Å². The van der Waals surface area contributed by atoms with E-state index in [4.69, 9.17) is 0 Å². The van der Waals surface area contributed by atoms with Crippen molar-refractivity contribution in [2.24, 2.45) is 29.6 Å². The average Bonchev–Trinajstić information content (AvgIpc) is 2.99. The first-order chi connectivity index (χ1) is 18.3. The molecule has 0 spiro atoms. The van der Waals surface area contributed by atoms with Gasteiger partial charge >= 0.3 is 0 Å². The van der Waals surface area contributed by atoms with Gasteiger partial charge < -0.3 is 5.32 Å². The molecule has 1 heteroatoms. The van der Waals surface area contributed by atoms with E-state index < -0.39 is 0 Å². The highest BCUT2D eigenvalue weighted by Gasteiger charge is 2.32.